The van der Waals surface area contributed by atoms with Crippen LogP contribution in [0.15, 0.2) is 76.5 Å². The van der Waals surface area contributed by atoms with Crippen LogP contribution in [0.2, 0.25) is 0 Å². The summed E-state index contributed by atoms with van der Waals surface area (Å²) < 4.78 is 2.14. The summed E-state index contributed by atoms with van der Waals surface area (Å²) >= 11 is 3.54. The van der Waals surface area contributed by atoms with Crippen molar-refractivity contribution in [3.8, 4) is 0 Å². The second-order valence-corrected chi connectivity index (χ2v) is 9.52. The molecule has 0 saturated heterocycles. The Labute approximate surface area is 181 Å². The maximum atomic E-state index is 12.6. The summed E-state index contributed by atoms with van der Waals surface area (Å²) in [5, 5.41) is 3.02. The van der Waals surface area contributed by atoms with Crippen molar-refractivity contribution in [2.75, 3.05) is 22.4 Å². The van der Waals surface area contributed by atoms with E-state index in [1.54, 1.807) is 11.9 Å². The zero-order valence-corrected chi connectivity index (χ0v) is 18.3. The lowest BCUT2D eigenvalue weighted by Crippen LogP contribution is -2.13. The van der Waals surface area contributed by atoms with Gasteiger partial charge < -0.3 is 9.62 Å². The van der Waals surface area contributed by atoms with Crippen LogP contribution in [0, 0.1) is 6.92 Å². The molecule has 3 aromatic rings. The summed E-state index contributed by atoms with van der Waals surface area (Å²) in [4.78, 5) is 15.1. The second-order valence-electron chi connectivity index (χ2n) is 7.18. The maximum Gasteiger partial charge on any atom is 0.255 e. The van der Waals surface area contributed by atoms with Gasteiger partial charge in [-0.05, 0) is 103 Å². The highest BCUT2D eigenvalue weighted by molar-refractivity contribution is 8.00. The van der Waals surface area contributed by atoms with Crippen molar-refractivity contribution >= 4 is 41.0 Å². The minimum Gasteiger partial charge on any atom is -0.322 e. The minimum atomic E-state index is -0.0549. The van der Waals surface area contributed by atoms with Crippen LogP contribution in [0.4, 0.5) is 11.4 Å². The predicted octanol–water partition coefficient (Wildman–Crippen LogP) is 6.43. The van der Waals surface area contributed by atoms with Crippen LogP contribution < -0.4 is 9.62 Å². The van der Waals surface area contributed by atoms with Crippen LogP contribution in [0.25, 0.3) is 0 Å². The van der Waals surface area contributed by atoms with E-state index in [-0.39, 0.29) is 5.91 Å². The van der Waals surface area contributed by atoms with Gasteiger partial charge in [-0.1, -0.05) is 12.1 Å². The topological polar surface area (TPSA) is 32.3 Å². The van der Waals surface area contributed by atoms with Gasteiger partial charge in [-0.25, -0.2) is 0 Å². The van der Waals surface area contributed by atoms with Gasteiger partial charge in [0.25, 0.3) is 5.91 Å². The molecule has 0 fully saturated rings. The SMILES string of the molecule is Cc1cccc(N(C)Sc2ccc(NC(=O)c3ccc4c(c3)CCCS4)cc2)c1. The first-order valence-corrected chi connectivity index (χ1v) is 11.5. The quantitative estimate of drug-likeness (QED) is 0.482. The van der Waals surface area contributed by atoms with Gasteiger partial charge >= 0.3 is 0 Å². The number of thioether (sulfide) groups is 1. The molecule has 3 nitrogen and oxygen atoms in total. The number of hydrogen-bond donors (Lipinski definition) is 1. The van der Waals surface area contributed by atoms with E-state index in [0.29, 0.717) is 0 Å². The van der Waals surface area contributed by atoms with E-state index in [4.69, 9.17) is 0 Å². The largest absolute Gasteiger partial charge is 0.322 e. The van der Waals surface area contributed by atoms with Crippen molar-refractivity contribution in [1.82, 2.24) is 0 Å². The number of hydrogen-bond acceptors (Lipinski definition) is 4. The molecule has 0 aromatic heterocycles. The Morgan fingerprint density at radius 1 is 1.07 bits per heavy atom. The van der Waals surface area contributed by atoms with Gasteiger partial charge in [0.15, 0.2) is 0 Å². The molecule has 0 spiro atoms. The molecule has 0 aliphatic carbocycles. The fraction of sp³-hybridized carbons (Fsp3) is 0.208. The lowest BCUT2D eigenvalue weighted by Gasteiger charge is -2.18. The van der Waals surface area contributed by atoms with Gasteiger partial charge in [0, 0.05) is 33.8 Å². The third-order valence-corrected chi connectivity index (χ3v) is 7.06. The first-order chi connectivity index (χ1) is 14.1. The molecule has 1 aliphatic rings. The standard InChI is InChI=1S/C24H24N2OS2/c1-17-5-3-7-21(15-17)26(2)29-22-11-9-20(10-12-22)25-24(27)19-8-13-23-18(16-19)6-4-14-28-23/h3,5,7-13,15-16H,4,6,14H2,1-2H3,(H,25,27). The molecular formula is C24H24N2OS2. The molecule has 5 heteroatoms. The van der Waals surface area contributed by atoms with Crippen LogP contribution >= 0.6 is 23.7 Å². The minimum absolute atomic E-state index is 0.0549. The van der Waals surface area contributed by atoms with Crippen molar-refractivity contribution in [3.63, 3.8) is 0 Å². The van der Waals surface area contributed by atoms with E-state index in [1.807, 2.05) is 48.2 Å². The second kappa shape index (κ2) is 8.97. The predicted molar refractivity (Wildman–Crippen MR) is 125 cm³/mol. The molecule has 1 heterocycles. The van der Waals surface area contributed by atoms with E-state index >= 15 is 0 Å². The molecule has 0 atom stereocenters. The summed E-state index contributed by atoms with van der Waals surface area (Å²) in [6, 6.07) is 22.5. The number of anilines is 2. The average Bonchev–Trinajstić information content (AvgIpc) is 2.74. The van der Waals surface area contributed by atoms with Crippen LogP contribution in [-0.4, -0.2) is 18.7 Å². The Bertz CT molecular complexity index is 1020. The van der Waals surface area contributed by atoms with Crippen molar-refractivity contribution in [3.05, 3.63) is 83.4 Å². The molecule has 0 saturated carbocycles. The first kappa shape index (κ1) is 19.9. The number of amides is 1. The van der Waals surface area contributed by atoms with E-state index in [9.17, 15) is 4.79 Å². The van der Waals surface area contributed by atoms with Gasteiger partial charge in [-0.15, -0.1) is 11.8 Å². The molecule has 29 heavy (non-hydrogen) atoms. The Morgan fingerprint density at radius 3 is 2.69 bits per heavy atom. The van der Waals surface area contributed by atoms with Crippen molar-refractivity contribution in [1.29, 1.82) is 0 Å². The molecule has 1 N–H and O–H groups in total. The first-order valence-electron chi connectivity index (χ1n) is 9.74. The number of benzene rings is 3. The van der Waals surface area contributed by atoms with Crippen LogP contribution in [-0.2, 0) is 6.42 Å². The Kier molecular flexibility index (Phi) is 6.16. The van der Waals surface area contributed by atoms with Crippen molar-refractivity contribution in [2.45, 2.75) is 29.6 Å². The fourth-order valence-electron chi connectivity index (χ4n) is 3.34. The van der Waals surface area contributed by atoms with Crippen LogP contribution in [0.3, 0.4) is 0 Å². The zero-order chi connectivity index (χ0) is 20.2. The molecule has 148 valence electrons. The monoisotopic (exact) mass is 420 g/mol. The van der Waals surface area contributed by atoms with Crippen LogP contribution in [0.1, 0.15) is 27.9 Å². The molecule has 0 bridgehead atoms. The Morgan fingerprint density at radius 2 is 1.90 bits per heavy atom. The number of aryl methyl sites for hydroxylation is 2. The van der Waals surface area contributed by atoms with Crippen molar-refractivity contribution < 1.29 is 4.79 Å². The number of fused-ring (bicyclic) bond motifs is 1. The number of rotatable bonds is 5. The van der Waals surface area contributed by atoms with E-state index in [0.717, 1.165) is 28.3 Å². The van der Waals surface area contributed by atoms with Gasteiger partial charge in [0.05, 0.1) is 0 Å². The Hall–Kier alpha value is -2.37. The lowest BCUT2D eigenvalue weighted by atomic mass is 10.1. The number of carbonyl (C=O) groups is 1. The van der Waals surface area contributed by atoms with Crippen molar-refractivity contribution in [2.24, 2.45) is 0 Å². The molecule has 0 radical (unpaired) electrons. The highest BCUT2D eigenvalue weighted by atomic mass is 32.2. The van der Waals surface area contributed by atoms with Gasteiger partial charge in [0.2, 0.25) is 0 Å². The fourth-order valence-corrected chi connectivity index (χ4v) is 5.15. The number of nitrogens with zero attached hydrogens (tertiary/aromatic N) is 1. The summed E-state index contributed by atoms with van der Waals surface area (Å²) in [6.07, 6.45) is 2.24. The molecule has 1 amide bonds. The number of carbonyl (C=O) groups excluding carboxylic acids is 1. The molecule has 3 aromatic carbocycles. The molecular weight excluding hydrogens is 396 g/mol. The smallest absolute Gasteiger partial charge is 0.255 e. The van der Waals surface area contributed by atoms with Gasteiger partial charge in [-0.3, -0.25) is 4.79 Å². The third-order valence-electron chi connectivity index (χ3n) is 4.89. The lowest BCUT2D eigenvalue weighted by molar-refractivity contribution is 0.102. The van der Waals surface area contributed by atoms with Gasteiger partial charge in [0.1, 0.15) is 0 Å². The van der Waals surface area contributed by atoms with Gasteiger partial charge in [-0.2, -0.15) is 0 Å². The normalized spacial score (nSPS) is 12.9. The van der Waals surface area contributed by atoms with E-state index in [2.05, 4.69) is 53.9 Å². The van der Waals surface area contributed by atoms with E-state index < -0.39 is 0 Å². The molecule has 0 unspecified atom stereocenters. The molecule has 4 rings (SSSR count). The molecule has 1 aliphatic heterocycles. The van der Waals surface area contributed by atoms with E-state index in [1.165, 1.54) is 28.2 Å². The highest BCUT2D eigenvalue weighted by Crippen LogP contribution is 2.31. The summed E-state index contributed by atoms with van der Waals surface area (Å²) in [7, 11) is 2.06. The summed E-state index contributed by atoms with van der Waals surface area (Å²) in [5.41, 5.74) is 5.24. The zero-order valence-electron chi connectivity index (χ0n) is 16.6. The van der Waals surface area contributed by atoms with Crippen LogP contribution in [0.5, 0.6) is 0 Å². The summed E-state index contributed by atoms with van der Waals surface area (Å²) in [6.45, 7) is 2.10. The Balaban J connectivity index is 1.39. The maximum absolute atomic E-state index is 12.6. The average molecular weight is 421 g/mol. The third kappa shape index (κ3) is 4.98. The summed E-state index contributed by atoms with van der Waals surface area (Å²) in [5.74, 6) is 1.11. The number of nitrogens with one attached hydrogen (secondary N) is 1. The highest BCUT2D eigenvalue weighted by Gasteiger charge is 2.13.